The molecule has 0 aliphatic carbocycles. The second-order valence-corrected chi connectivity index (χ2v) is 19.6. The summed E-state index contributed by atoms with van der Waals surface area (Å²) in [6, 6.07) is 38.1. The molecule has 0 radical (unpaired) electrons. The van der Waals surface area contributed by atoms with Gasteiger partial charge in [0.2, 0.25) is 0 Å². The van der Waals surface area contributed by atoms with E-state index in [0.29, 0.717) is 34.7 Å². The summed E-state index contributed by atoms with van der Waals surface area (Å²) in [7, 11) is 0. The fraction of sp³-hybridized carbons (Fsp3) is 0.308. The Bertz CT molecular complexity index is 2450. The van der Waals surface area contributed by atoms with Crippen LogP contribution in [0, 0.1) is 5.82 Å². The predicted octanol–water partition coefficient (Wildman–Crippen LogP) is 13.4. The molecule has 0 atom stereocenters. The van der Waals surface area contributed by atoms with Gasteiger partial charge in [0.25, 0.3) is 0 Å². The van der Waals surface area contributed by atoms with Gasteiger partial charge in [-0.1, -0.05) is 180 Å². The van der Waals surface area contributed by atoms with Gasteiger partial charge in [-0.05, 0) is 62.1 Å². The molecule has 0 fully saturated rings. The summed E-state index contributed by atoms with van der Waals surface area (Å²) in [4.78, 5) is 29.8. The van der Waals surface area contributed by atoms with Gasteiger partial charge in [-0.2, -0.15) is 0 Å². The first-order valence-corrected chi connectivity index (χ1v) is 20.4. The van der Waals surface area contributed by atoms with Gasteiger partial charge in [0.1, 0.15) is 5.82 Å². The first kappa shape index (κ1) is 41.2. The summed E-state index contributed by atoms with van der Waals surface area (Å²) in [5.74, 6) is 2.13. The maximum Gasteiger partial charge on any atom is 0.167 e. The van der Waals surface area contributed by atoms with Crippen LogP contribution in [0.5, 0.6) is 0 Å². The van der Waals surface area contributed by atoms with Crippen molar-refractivity contribution in [1.82, 2.24) is 29.9 Å². The molecule has 0 bridgehead atoms. The van der Waals surface area contributed by atoms with Crippen LogP contribution in [0.25, 0.3) is 68.3 Å². The molecule has 0 N–H and O–H groups in total. The molecule has 2 heterocycles. The highest BCUT2D eigenvalue weighted by Crippen LogP contribution is 2.34. The van der Waals surface area contributed by atoms with Gasteiger partial charge in [-0.15, -0.1) is 0 Å². The minimum Gasteiger partial charge on any atom is -0.208 e. The number of hydrogen-bond acceptors (Lipinski definition) is 6. The van der Waals surface area contributed by atoms with Crippen LogP contribution in [-0.2, 0) is 21.7 Å². The van der Waals surface area contributed by atoms with Crippen molar-refractivity contribution in [1.29, 1.82) is 0 Å². The minimum absolute atomic E-state index is 0.00617. The van der Waals surface area contributed by atoms with E-state index >= 15 is 4.39 Å². The van der Waals surface area contributed by atoms with Crippen LogP contribution in [0.4, 0.5) is 4.39 Å². The summed E-state index contributed by atoms with van der Waals surface area (Å²) in [6.45, 7) is 26.3. The number of hydrogen-bond donors (Lipinski definition) is 0. The molecule has 6 nitrogen and oxygen atoms in total. The average molecular weight is 783 g/mol. The molecule has 0 saturated heterocycles. The van der Waals surface area contributed by atoms with Crippen LogP contribution < -0.4 is 0 Å². The lowest BCUT2D eigenvalue weighted by Crippen LogP contribution is -2.11. The fourth-order valence-corrected chi connectivity index (χ4v) is 6.83. The molecule has 300 valence electrons. The van der Waals surface area contributed by atoms with E-state index in [1.807, 2.05) is 24.3 Å². The van der Waals surface area contributed by atoms with Crippen LogP contribution in [0.2, 0.25) is 0 Å². The standard InChI is InChI=1S/C52H55FN6/c1-49(2,3)37-22-13-32(14-23-37)43-54-44(33-15-24-38(25-16-33)50(4,5)6)57-47(56-43)36-21-30-42(53)41(31-36)48-58-45(34-17-26-39(27-18-34)51(7,8)9)55-46(59-48)35-19-28-40(29-20-35)52(10,11)12/h13-31H,1-12H3. The summed E-state index contributed by atoms with van der Waals surface area (Å²) in [5.41, 5.74) is 8.93. The largest absolute Gasteiger partial charge is 0.208 e. The zero-order valence-electron chi connectivity index (χ0n) is 36.5. The molecule has 59 heavy (non-hydrogen) atoms. The van der Waals surface area contributed by atoms with E-state index in [9.17, 15) is 0 Å². The molecule has 0 aliphatic rings. The van der Waals surface area contributed by atoms with Gasteiger partial charge >= 0.3 is 0 Å². The Labute approximate surface area is 349 Å². The van der Waals surface area contributed by atoms with Gasteiger partial charge < -0.3 is 0 Å². The van der Waals surface area contributed by atoms with Crippen molar-refractivity contribution in [3.05, 3.63) is 143 Å². The average Bonchev–Trinajstić information content (AvgIpc) is 3.19. The highest BCUT2D eigenvalue weighted by atomic mass is 19.1. The molecular formula is C52H55FN6. The van der Waals surface area contributed by atoms with Crippen LogP contribution in [0.1, 0.15) is 105 Å². The third-order valence-corrected chi connectivity index (χ3v) is 10.8. The van der Waals surface area contributed by atoms with Crippen molar-refractivity contribution < 1.29 is 4.39 Å². The molecule has 0 saturated carbocycles. The van der Waals surface area contributed by atoms with Gasteiger partial charge in [-0.3, -0.25) is 0 Å². The van der Waals surface area contributed by atoms with Gasteiger partial charge in [-0.25, -0.2) is 34.3 Å². The van der Waals surface area contributed by atoms with E-state index in [1.165, 1.54) is 28.3 Å². The number of halogens is 1. The number of benzene rings is 5. The zero-order chi connectivity index (χ0) is 42.5. The van der Waals surface area contributed by atoms with E-state index in [2.05, 4.69) is 156 Å². The van der Waals surface area contributed by atoms with Gasteiger partial charge in [0.15, 0.2) is 34.9 Å². The lowest BCUT2D eigenvalue weighted by Gasteiger charge is -2.19. The van der Waals surface area contributed by atoms with Gasteiger partial charge in [0, 0.05) is 27.8 Å². The first-order valence-electron chi connectivity index (χ1n) is 20.4. The topological polar surface area (TPSA) is 77.3 Å². The third kappa shape index (κ3) is 9.20. The Balaban J connectivity index is 1.38. The SMILES string of the molecule is CC(C)(C)c1ccc(-c2nc(-c3ccc(C(C)(C)C)cc3)nc(-c3ccc(F)c(-c4nc(-c5ccc(C(C)(C)C)cc5)nc(-c5ccc(C(C)(C)C)cc5)n4)c3)n2)cc1. The molecule has 7 aromatic rings. The summed E-state index contributed by atoms with van der Waals surface area (Å²) in [6.07, 6.45) is 0. The highest BCUT2D eigenvalue weighted by Gasteiger charge is 2.22. The first-order chi connectivity index (χ1) is 27.6. The van der Waals surface area contributed by atoms with Crippen molar-refractivity contribution in [2.24, 2.45) is 0 Å². The van der Waals surface area contributed by atoms with Crippen LogP contribution in [0.3, 0.4) is 0 Å². The van der Waals surface area contributed by atoms with Crippen molar-refractivity contribution in [3.8, 4) is 68.3 Å². The quantitative estimate of drug-likeness (QED) is 0.167. The molecule has 0 unspecified atom stereocenters. The van der Waals surface area contributed by atoms with Crippen molar-refractivity contribution in [3.63, 3.8) is 0 Å². The maximum absolute atomic E-state index is 16.2. The highest BCUT2D eigenvalue weighted by molar-refractivity contribution is 5.73. The number of rotatable bonds is 6. The van der Waals surface area contributed by atoms with Crippen molar-refractivity contribution in [2.75, 3.05) is 0 Å². The van der Waals surface area contributed by atoms with E-state index in [1.54, 1.807) is 12.1 Å². The van der Waals surface area contributed by atoms with Gasteiger partial charge in [0.05, 0.1) is 5.56 Å². The Morgan fingerprint density at radius 3 is 0.763 bits per heavy atom. The van der Waals surface area contributed by atoms with E-state index in [-0.39, 0.29) is 33.0 Å². The second kappa shape index (κ2) is 15.3. The summed E-state index contributed by atoms with van der Waals surface area (Å²) in [5, 5.41) is 0. The number of aromatic nitrogens is 6. The Kier molecular flexibility index (Phi) is 10.7. The van der Waals surface area contributed by atoms with E-state index in [4.69, 9.17) is 29.9 Å². The fourth-order valence-electron chi connectivity index (χ4n) is 6.83. The molecule has 0 amide bonds. The summed E-state index contributed by atoms with van der Waals surface area (Å²) < 4.78 is 16.2. The van der Waals surface area contributed by atoms with Crippen LogP contribution in [0.15, 0.2) is 115 Å². The third-order valence-electron chi connectivity index (χ3n) is 10.8. The summed E-state index contributed by atoms with van der Waals surface area (Å²) >= 11 is 0. The van der Waals surface area contributed by atoms with E-state index in [0.717, 1.165) is 22.3 Å². The van der Waals surface area contributed by atoms with Crippen molar-refractivity contribution >= 4 is 0 Å². The Hall–Kier alpha value is -5.95. The molecule has 2 aromatic heterocycles. The lowest BCUT2D eigenvalue weighted by atomic mass is 9.86. The van der Waals surface area contributed by atoms with Crippen LogP contribution >= 0.6 is 0 Å². The second-order valence-electron chi connectivity index (χ2n) is 19.6. The molecule has 7 heteroatoms. The van der Waals surface area contributed by atoms with Crippen LogP contribution in [-0.4, -0.2) is 29.9 Å². The molecule has 7 rings (SSSR count). The monoisotopic (exact) mass is 782 g/mol. The smallest absolute Gasteiger partial charge is 0.167 e. The molecule has 0 spiro atoms. The minimum atomic E-state index is -0.465. The molecular weight excluding hydrogens is 728 g/mol. The Morgan fingerprint density at radius 1 is 0.288 bits per heavy atom. The zero-order valence-corrected chi connectivity index (χ0v) is 36.5. The number of nitrogens with zero attached hydrogens (tertiary/aromatic N) is 6. The maximum atomic E-state index is 16.2. The lowest BCUT2D eigenvalue weighted by molar-refractivity contribution is 0.590. The van der Waals surface area contributed by atoms with E-state index < -0.39 is 5.82 Å². The Morgan fingerprint density at radius 2 is 0.508 bits per heavy atom. The van der Waals surface area contributed by atoms with Crippen molar-refractivity contribution in [2.45, 2.75) is 105 Å². The molecule has 5 aromatic carbocycles. The predicted molar refractivity (Wildman–Crippen MR) is 241 cm³/mol. The molecule has 0 aliphatic heterocycles. The normalized spacial score (nSPS) is 12.5.